The Morgan fingerprint density at radius 2 is 1.86 bits per heavy atom. The summed E-state index contributed by atoms with van der Waals surface area (Å²) in [5.74, 6) is -1.34. The van der Waals surface area contributed by atoms with E-state index in [-0.39, 0.29) is 18.4 Å². The summed E-state index contributed by atoms with van der Waals surface area (Å²) in [5, 5.41) is 11.3. The lowest BCUT2D eigenvalue weighted by molar-refractivity contribution is -0.143. The number of carbonyl (C=O) groups excluding carboxylic acids is 1. The minimum Gasteiger partial charge on any atom is -0.481 e. The highest BCUT2D eigenvalue weighted by Crippen LogP contribution is 2.31. The Labute approximate surface area is 133 Å². The summed E-state index contributed by atoms with van der Waals surface area (Å²) in [6.07, 6.45) is 0.577. The Bertz CT molecular complexity index is 654. The highest BCUT2D eigenvalue weighted by atomic mass is 32.1. The summed E-state index contributed by atoms with van der Waals surface area (Å²) in [5.41, 5.74) is 1.09. The van der Waals surface area contributed by atoms with Crippen molar-refractivity contribution in [2.24, 2.45) is 5.92 Å². The van der Waals surface area contributed by atoms with Crippen molar-refractivity contribution in [2.75, 3.05) is 13.1 Å². The molecule has 1 amide bonds. The summed E-state index contributed by atoms with van der Waals surface area (Å²) < 4.78 is 0. The third-order valence-electron chi connectivity index (χ3n) is 4.09. The molecule has 0 unspecified atom stereocenters. The van der Waals surface area contributed by atoms with Gasteiger partial charge in [0.2, 0.25) is 0 Å². The van der Waals surface area contributed by atoms with Gasteiger partial charge in [0.05, 0.1) is 10.8 Å². The number of hydrogen-bond donors (Lipinski definition) is 1. The van der Waals surface area contributed by atoms with Crippen LogP contribution in [-0.2, 0) is 4.79 Å². The smallest absolute Gasteiger partial charge is 0.308 e. The van der Waals surface area contributed by atoms with Gasteiger partial charge in [0.25, 0.3) is 5.91 Å². The van der Waals surface area contributed by atoms with Crippen LogP contribution in [0.15, 0.2) is 47.8 Å². The van der Waals surface area contributed by atoms with Crippen LogP contribution in [0.2, 0.25) is 0 Å². The highest BCUT2D eigenvalue weighted by Gasteiger charge is 2.34. The van der Waals surface area contributed by atoms with Gasteiger partial charge in [-0.1, -0.05) is 36.4 Å². The molecule has 0 radical (unpaired) electrons. The van der Waals surface area contributed by atoms with Gasteiger partial charge in [-0.3, -0.25) is 9.59 Å². The Hall–Kier alpha value is -2.14. The molecule has 2 heterocycles. The molecule has 1 saturated heterocycles. The number of carboxylic acid groups (broad SMARTS) is 1. The molecule has 0 bridgehead atoms. The molecule has 0 saturated carbocycles. The van der Waals surface area contributed by atoms with Gasteiger partial charge >= 0.3 is 5.97 Å². The molecule has 1 aromatic heterocycles. The number of benzene rings is 1. The van der Waals surface area contributed by atoms with Gasteiger partial charge in [0.15, 0.2) is 0 Å². The standard InChI is InChI=1S/C17H17NO3S/c19-16(15-7-4-8-22-15)18-10-13(9-14(11-18)17(20)21)12-5-2-1-3-6-12/h1-8,13-14H,9-11H2,(H,20,21)/t13-,14+/m0/s1. The van der Waals surface area contributed by atoms with E-state index < -0.39 is 11.9 Å². The van der Waals surface area contributed by atoms with Crippen molar-refractivity contribution in [1.82, 2.24) is 4.90 Å². The van der Waals surface area contributed by atoms with Crippen molar-refractivity contribution in [2.45, 2.75) is 12.3 Å². The van der Waals surface area contributed by atoms with E-state index >= 15 is 0 Å². The zero-order chi connectivity index (χ0) is 15.5. The summed E-state index contributed by atoms with van der Waals surface area (Å²) >= 11 is 1.39. The molecule has 5 heteroatoms. The molecule has 22 heavy (non-hydrogen) atoms. The van der Waals surface area contributed by atoms with Crippen LogP contribution < -0.4 is 0 Å². The summed E-state index contributed by atoms with van der Waals surface area (Å²) in [4.78, 5) is 26.4. The number of rotatable bonds is 3. The van der Waals surface area contributed by atoms with Crippen LogP contribution in [0.25, 0.3) is 0 Å². The predicted molar refractivity (Wildman–Crippen MR) is 85.1 cm³/mol. The van der Waals surface area contributed by atoms with Crippen LogP contribution in [0.4, 0.5) is 0 Å². The van der Waals surface area contributed by atoms with Gasteiger partial charge < -0.3 is 10.0 Å². The van der Waals surface area contributed by atoms with Crippen molar-refractivity contribution < 1.29 is 14.7 Å². The number of nitrogens with zero attached hydrogens (tertiary/aromatic N) is 1. The SMILES string of the molecule is O=C(O)[C@@H]1C[C@H](c2ccccc2)CN(C(=O)c2cccs2)C1. The molecule has 1 aliphatic heterocycles. The molecule has 3 rings (SSSR count). The fourth-order valence-electron chi connectivity index (χ4n) is 2.97. The largest absolute Gasteiger partial charge is 0.481 e. The number of piperidine rings is 1. The number of amides is 1. The van der Waals surface area contributed by atoms with Crippen molar-refractivity contribution in [1.29, 1.82) is 0 Å². The van der Waals surface area contributed by atoms with Crippen molar-refractivity contribution >= 4 is 23.2 Å². The van der Waals surface area contributed by atoms with Crippen LogP contribution >= 0.6 is 11.3 Å². The van der Waals surface area contributed by atoms with Gasteiger partial charge in [-0.15, -0.1) is 11.3 Å². The van der Waals surface area contributed by atoms with Crippen molar-refractivity contribution in [3.8, 4) is 0 Å². The van der Waals surface area contributed by atoms with E-state index in [1.54, 1.807) is 11.0 Å². The minimum atomic E-state index is -0.829. The van der Waals surface area contributed by atoms with Crippen LogP contribution in [0.5, 0.6) is 0 Å². The van der Waals surface area contributed by atoms with Gasteiger partial charge in [-0.2, -0.15) is 0 Å². The topological polar surface area (TPSA) is 57.6 Å². The van der Waals surface area contributed by atoms with Crippen molar-refractivity contribution in [3.63, 3.8) is 0 Å². The van der Waals surface area contributed by atoms with Crippen LogP contribution in [0.1, 0.15) is 27.6 Å². The maximum atomic E-state index is 12.5. The first-order chi connectivity index (χ1) is 10.6. The van der Waals surface area contributed by atoms with Crippen molar-refractivity contribution in [3.05, 3.63) is 58.3 Å². The van der Waals surface area contributed by atoms with E-state index in [0.29, 0.717) is 17.8 Å². The zero-order valence-electron chi connectivity index (χ0n) is 12.0. The number of likely N-dealkylation sites (tertiary alicyclic amines) is 1. The Balaban J connectivity index is 1.84. The van der Waals surface area contributed by atoms with E-state index in [4.69, 9.17) is 0 Å². The number of hydrogen-bond acceptors (Lipinski definition) is 3. The van der Waals surface area contributed by atoms with E-state index in [2.05, 4.69) is 0 Å². The molecule has 114 valence electrons. The molecule has 0 spiro atoms. The first-order valence-corrected chi connectivity index (χ1v) is 8.13. The lowest BCUT2D eigenvalue weighted by Gasteiger charge is -2.36. The zero-order valence-corrected chi connectivity index (χ0v) is 12.8. The molecule has 2 atom stereocenters. The van der Waals surface area contributed by atoms with Crippen LogP contribution in [0, 0.1) is 5.92 Å². The molecule has 1 N–H and O–H groups in total. The molecule has 1 aliphatic rings. The number of aliphatic carboxylic acids is 1. The number of carboxylic acids is 1. The second-order valence-corrected chi connectivity index (χ2v) is 6.51. The number of carbonyl (C=O) groups is 2. The highest BCUT2D eigenvalue weighted by molar-refractivity contribution is 7.12. The number of thiophene rings is 1. The maximum absolute atomic E-state index is 12.5. The lowest BCUT2D eigenvalue weighted by Crippen LogP contribution is -2.45. The van der Waals surface area contributed by atoms with Gasteiger partial charge in [-0.25, -0.2) is 0 Å². The fraction of sp³-hybridized carbons (Fsp3) is 0.294. The first-order valence-electron chi connectivity index (χ1n) is 7.25. The second-order valence-electron chi connectivity index (χ2n) is 5.57. The van der Waals surface area contributed by atoms with E-state index in [9.17, 15) is 14.7 Å². The van der Waals surface area contributed by atoms with E-state index in [1.807, 2.05) is 41.8 Å². The third-order valence-corrected chi connectivity index (χ3v) is 4.95. The summed E-state index contributed by atoms with van der Waals surface area (Å²) in [6.45, 7) is 0.861. The monoisotopic (exact) mass is 315 g/mol. The van der Waals surface area contributed by atoms with E-state index in [0.717, 1.165) is 5.56 Å². The lowest BCUT2D eigenvalue weighted by atomic mass is 9.84. The minimum absolute atomic E-state index is 0.0677. The van der Waals surface area contributed by atoms with E-state index in [1.165, 1.54) is 11.3 Å². The molecule has 1 aromatic carbocycles. The Morgan fingerprint density at radius 1 is 1.09 bits per heavy atom. The molecular weight excluding hydrogens is 298 g/mol. The third kappa shape index (κ3) is 3.04. The Morgan fingerprint density at radius 3 is 2.50 bits per heavy atom. The first kappa shape index (κ1) is 14.8. The normalized spacial score (nSPS) is 21.5. The second kappa shape index (κ2) is 6.32. The van der Waals surface area contributed by atoms with Crippen LogP contribution in [-0.4, -0.2) is 35.0 Å². The quantitative estimate of drug-likeness (QED) is 0.947. The van der Waals surface area contributed by atoms with Gasteiger partial charge in [0.1, 0.15) is 0 Å². The van der Waals surface area contributed by atoms with Gasteiger partial charge in [-0.05, 0) is 23.4 Å². The Kier molecular flexibility index (Phi) is 4.24. The van der Waals surface area contributed by atoms with Crippen LogP contribution in [0.3, 0.4) is 0 Å². The van der Waals surface area contributed by atoms with Gasteiger partial charge in [0, 0.05) is 19.0 Å². The summed E-state index contributed by atoms with van der Waals surface area (Å²) in [7, 11) is 0. The molecule has 4 nitrogen and oxygen atoms in total. The molecule has 2 aromatic rings. The predicted octanol–water partition coefficient (Wildman–Crippen LogP) is 3.08. The molecule has 0 aliphatic carbocycles. The molecular formula is C17H17NO3S. The maximum Gasteiger partial charge on any atom is 0.308 e. The molecule has 1 fully saturated rings. The average molecular weight is 315 g/mol. The summed E-state index contributed by atoms with van der Waals surface area (Å²) in [6, 6.07) is 13.5. The average Bonchev–Trinajstić information content (AvgIpc) is 3.09. The fourth-order valence-corrected chi connectivity index (χ4v) is 3.66.